The molecule has 0 heterocycles. The molecule has 0 N–H and O–H groups in total. The van der Waals surface area contributed by atoms with Crippen LogP contribution in [0.4, 0.5) is 0 Å². The van der Waals surface area contributed by atoms with Crippen molar-refractivity contribution in [3.63, 3.8) is 0 Å². The Morgan fingerprint density at radius 1 is 0.815 bits per heavy atom. The smallest absolute Gasteiger partial charge is 0.200 e. The molecular formula is C23H48O3Si. The van der Waals surface area contributed by atoms with Gasteiger partial charge in [0.15, 0.2) is 8.32 Å². The minimum Gasteiger partial charge on any atom is -0.415 e. The van der Waals surface area contributed by atoms with E-state index >= 15 is 0 Å². The summed E-state index contributed by atoms with van der Waals surface area (Å²) in [7, 11) is -1.78. The fraction of sp³-hybridized carbons (Fsp3) is 0.957. The molecule has 3 nitrogen and oxygen atoms in total. The van der Waals surface area contributed by atoms with Crippen molar-refractivity contribution >= 4 is 14.6 Å². The van der Waals surface area contributed by atoms with Gasteiger partial charge in [-0.25, -0.2) is 0 Å². The topological polar surface area (TPSA) is 35.5 Å². The monoisotopic (exact) mass is 400 g/mol. The van der Waals surface area contributed by atoms with Crippen LogP contribution in [0.2, 0.25) is 16.6 Å². The molecule has 0 aromatic rings. The lowest BCUT2D eigenvalue weighted by molar-refractivity contribution is -0.115. The van der Waals surface area contributed by atoms with E-state index in [2.05, 4.69) is 55.4 Å². The summed E-state index contributed by atoms with van der Waals surface area (Å²) in [6.07, 6.45) is 5.06. The van der Waals surface area contributed by atoms with Crippen LogP contribution < -0.4 is 0 Å². The zero-order chi connectivity index (χ0) is 21.3. The lowest BCUT2D eigenvalue weighted by atomic mass is 9.89. The third kappa shape index (κ3) is 9.23. The minimum atomic E-state index is -1.78. The van der Waals surface area contributed by atoms with Gasteiger partial charge in [0.2, 0.25) is 0 Å². The fourth-order valence-electron chi connectivity index (χ4n) is 4.34. The molecule has 0 aliphatic rings. The summed E-state index contributed by atoms with van der Waals surface area (Å²) in [5.41, 5.74) is 1.86. The van der Waals surface area contributed by atoms with Gasteiger partial charge in [0, 0.05) is 25.2 Å². The minimum absolute atomic E-state index is 0.180. The van der Waals surface area contributed by atoms with Gasteiger partial charge in [-0.1, -0.05) is 69.2 Å². The van der Waals surface area contributed by atoms with Gasteiger partial charge in [-0.3, -0.25) is 0 Å². The number of hydrogen-bond donors (Lipinski definition) is 0. The number of rotatable bonds is 15. The highest BCUT2D eigenvalue weighted by molar-refractivity contribution is 6.77. The van der Waals surface area contributed by atoms with Crippen molar-refractivity contribution in [2.45, 2.75) is 112 Å². The Balaban J connectivity index is 4.31. The highest BCUT2D eigenvalue weighted by atomic mass is 28.4. The zero-order valence-corrected chi connectivity index (χ0v) is 21.0. The summed E-state index contributed by atoms with van der Waals surface area (Å²) in [5, 5.41) is 0. The number of ether oxygens (including phenoxy) is 1. The Kier molecular flexibility index (Phi) is 11.6. The van der Waals surface area contributed by atoms with Crippen LogP contribution >= 0.6 is 0 Å². The molecule has 0 aliphatic carbocycles. The predicted octanol–water partition coefficient (Wildman–Crippen LogP) is 7.01. The molecule has 162 valence electrons. The van der Waals surface area contributed by atoms with E-state index in [-0.39, 0.29) is 10.8 Å². The highest BCUT2D eigenvalue weighted by Gasteiger charge is 2.45. The highest BCUT2D eigenvalue weighted by Crippen LogP contribution is 2.43. The summed E-state index contributed by atoms with van der Waals surface area (Å²) in [6, 6.07) is 0. The molecule has 0 unspecified atom stereocenters. The summed E-state index contributed by atoms with van der Waals surface area (Å²) < 4.78 is 12.6. The molecule has 0 saturated carbocycles. The van der Waals surface area contributed by atoms with Gasteiger partial charge in [0.1, 0.15) is 6.29 Å². The zero-order valence-electron chi connectivity index (χ0n) is 20.0. The Morgan fingerprint density at radius 2 is 1.26 bits per heavy atom. The number of aldehydes is 1. The molecule has 0 spiro atoms. The van der Waals surface area contributed by atoms with E-state index in [1.54, 1.807) is 0 Å². The summed E-state index contributed by atoms with van der Waals surface area (Å²) in [4.78, 5) is 10.9. The van der Waals surface area contributed by atoms with Crippen LogP contribution in [0.5, 0.6) is 0 Å². The van der Waals surface area contributed by atoms with E-state index in [4.69, 9.17) is 9.16 Å². The van der Waals surface area contributed by atoms with Crippen molar-refractivity contribution in [3.05, 3.63) is 0 Å². The number of hydrogen-bond acceptors (Lipinski definition) is 3. The largest absolute Gasteiger partial charge is 0.415 e. The molecule has 0 aromatic carbocycles. The van der Waals surface area contributed by atoms with E-state index < -0.39 is 8.32 Å². The van der Waals surface area contributed by atoms with Gasteiger partial charge in [0.25, 0.3) is 0 Å². The van der Waals surface area contributed by atoms with Crippen molar-refractivity contribution in [2.24, 2.45) is 10.8 Å². The van der Waals surface area contributed by atoms with E-state index in [0.29, 0.717) is 16.6 Å². The predicted molar refractivity (Wildman–Crippen MR) is 120 cm³/mol. The summed E-state index contributed by atoms with van der Waals surface area (Å²) in [6.45, 7) is 25.1. The standard InChI is InChI=1S/C23H48O3Si/c1-19(2)27(20(3)4,21(5)6)26-18-23(9,10)14-12-16-25-15-11-13-22(7,8)17-24/h17,19-21H,11-16,18H2,1-10H3. The van der Waals surface area contributed by atoms with Crippen LogP contribution in [-0.2, 0) is 14.0 Å². The summed E-state index contributed by atoms with van der Waals surface area (Å²) in [5.74, 6) is 0. The third-order valence-corrected chi connectivity index (χ3v) is 12.0. The van der Waals surface area contributed by atoms with Crippen LogP contribution in [0, 0.1) is 10.8 Å². The van der Waals surface area contributed by atoms with Gasteiger partial charge in [-0.05, 0) is 47.7 Å². The van der Waals surface area contributed by atoms with Gasteiger partial charge < -0.3 is 14.0 Å². The lowest BCUT2D eigenvalue weighted by Gasteiger charge is -2.44. The van der Waals surface area contributed by atoms with Crippen LogP contribution in [0.3, 0.4) is 0 Å². The summed E-state index contributed by atoms with van der Waals surface area (Å²) >= 11 is 0. The average Bonchev–Trinajstić information content (AvgIpc) is 2.53. The van der Waals surface area contributed by atoms with Gasteiger partial charge in [0.05, 0.1) is 0 Å². The molecule has 0 atom stereocenters. The second-order valence-electron chi connectivity index (χ2n) is 10.7. The first-order chi connectivity index (χ1) is 12.3. The maximum absolute atomic E-state index is 10.9. The molecule has 0 saturated heterocycles. The van der Waals surface area contributed by atoms with Crippen LogP contribution in [0.15, 0.2) is 0 Å². The molecule has 0 rings (SSSR count). The molecule has 0 aliphatic heterocycles. The van der Waals surface area contributed by atoms with Gasteiger partial charge >= 0.3 is 0 Å². The molecule has 0 aromatic heterocycles. The maximum atomic E-state index is 10.9. The quantitative estimate of drug-likeness (QED) is 0.168. The number of carbonyl (C=O) groups is 1. The molecule has 0 bridgehead atoms. The molecule has 4 heteroatoms. The van der Waals surface area contributed by atoms with Crippen molar-refractivity contribution < 1.29 is 14.0 Å². The molecule has 0 radical (unpaired) electrons. The molecule has 0 fully saturated rings. The second-order valence-corrected chi connectivity index (χ2v) is 16.2. The van der Waals surface area contributed by atoms with E-state index in [1.165, 1.54) is 0 Å². The SMILES string of the molecule is CC(C)[Si](OCC(C)(C)CCCOCCCC(C)(C)C=O)(C(C)C)C(C)C. The average molecular weight is 401 g/mol. The second kappa shape index (κ2) is 11.7. The van der Waals surface area contributed by atoms with Crippen molar-refractivity contribution in [1.29, 1.82) is 0 Å². The third-order valence-electron chi connectivity index (χ3n) is 5.99. The van der Waals surface area contributed by atoms with Crippen LogP contribution in [0.25, 0.3) is 0 Å². The van der Waals surface area contributed by atoms with Crippen molar-refractivity contribution in [3.8, 4) is 0 Å². The maximum Gasteiger partial charge on any atom is 0.200 e. The Bertz CT molecular complexity index is 392. The van der Waals surface area contributed by atoms with E-state index in [0.717, 1.165) is 51.8 Å². The van der Waals surface area contributed by atoms with Crippen LogP contribution in [0.1, 0.15) is 94.9 Å². The Morgan fingerprint density at radius 3 is 1.67 bits per heavy atom. The molecule has 27 heavy (non-hydrogen) atoms. The van der Waals surface area contributed by atoms with Crippen molar-refractivity contribution in [2.75, 3.05) is 19.8 Å². The van der Waals surface area contributed by atoms with Crippen LogP contribution in [-0.4, -0.2) is 34.4 Å². The van der Waals surface area contributed by atoms with Gasteiger partial charge in [-0.2, -0.15) is 0 Å². The van der Waals surface area contributed by atoms with E-state index in [1.807, 2.05) is 13.8 Å². The van der Waals surface area contributed by atoms with Crippen molar-refractivity contribution in [1.82, 2.24) is 0 Å². The Labute approximate surface area is 171 Å². The normalized spacial score (nSPS) is 13.8. The van der Waals surface area contributed by atoms with Gasteiger partial charge in [-0.15, -0.1) is 0 Å². The lowest BCUT2D eigenvalue weighted by Crippen LogP contribution is -2.49. The molecule has 0 amide bonds. The molecular weight excluding hydrogens is 352 g/mol. The first-order valence-electron chi connectivity index (χ1n) is 11.0. The fourth-order valence-corrected chi connectivity index (χ4v) is 9.98. The Hall–Kier alpha value is -0.193. The number of carbonyl (C=O) groups excluding carboxylic acids is 1. The van der Waals surface area contributed by atoms with E-state index in [9.17, 15) is 4.79 Å². The first-order valence-corrected chi connectivity index (χ1v) is 13.1. The first kappa shape index (κ1) is 26.8.